The Morgan fingerprint density at radius 3 is 2.10 bits per heavy atom. The Balaban J connectivity index is 2.59. The van der Waals surface area contributed by atoms with Gasteiger partial charge in [-0.2, -0.15) is 0 Å². The third kappa shape index (κ3) is 5.10. The van der Waals surface area contributed by atoms with Crippen molar-refractivity contribution in [3.63, 3.8) is 0 Å². The molecule has 8 heteroatoms. The Morgan fingerprint density at radius 1 is 1.00 bits per heavy atom. The third-order valence-electron chi connectivity index (χ3n) is 2.66. The molecule has 0 aliphatic carbocycles. The molecule has 0 saturated carbocycles. The van der Waals surface area contributed by atoms with Gasteiger partial charge in [0.15, 0.2) is 9.84 Å². The second-order valence-corrected chi connectivity index (χ2v) is 8.38. The number of hydrogen-bond acceptors (Lipinski definition) is 5. The van der Waals surface area contributed by atoms with Crippen molar-refractivity contribution in [3.05, 3.63) is 24.3 Å². The molecule has 1 aromatic rings. The van der Waals surface area contributed by atoms with Gasteiger partial charge in [0, 0.05) is 18.8 Å². The molecular weight excluding hydrogens is 300 g/mol. The highest BCUT2D eigenvalue weighted by Gasteiger charge is 2.11. The fraction of sp³-hybridized carbons (Fsp3) is 0.500. The summed E-state index contributed by atoms with van der Waals surface area (Å²) >= 11 is 0. The van der Waals surface area contributed by atoms with Crippen molar-refractivity contribution in [1.29, 1.82) is 0 Å². The molecule has 0 heterocycles. The molecule has 2 N–H and O–H groups in total. The molecule has 0 atom stereocenters. The summed E-state index contributed by atoms with van der Waals surface area (Å²) in [6.45, 7) is 3.94. The molecule has 0 radical (unpaired) electrons. The second kappa shape index (κ2) is 7.05. The van der Waals surface area contributed by atoms with Crippen LogP contribution in [0, 0.1) is 0 Å². The molecule has 1 aromatic carbocycles. The maximum Gasteiger partial charge on any atom is 0.213 e. The van der Waals surface area contributed by atoms with E-state index in [-0.39, 0.29) is 22.9 Å². The number of hydrogen-bond donors (Lipinski definition) is 2. The number of benzene rings is 1. The number of rotatable bonds is 8. The van der Waals surface area contributed by atoms with Crippen LogP contribution in [0.4, 0.5) is 5.69 Å². The summed E-state index contributed by atoms with van der Waals surface area (Å²) in [7, 11) is -6.45. The van der Waals surface area contributed by atoms with E-state index in [9.17, 15) is 16.8 Å². The average molecular weight is 320 g/mol. The van der Waals surface area contributed by atoms with Gasteiger partial charge in [-0.05, 0) is 24.3 Å². The van der Waals surface area contributed by atoms with Gasteiger partial charge in [0.2, 0.25) is 10.0 Å². The molecule has 0 amide bonds. The van der Waals surface area contributed by atoms with E-state index in [0.717, 1.165) is 0 Å². The summed E-state index contributed by atoms with van der Waals surface area (Å²) in [6.07, 6.45) is 0. The van der Waals surface area contributed by atoms with Crippen LogP contribution in [-0.2, 0) is 19.9 Å². The molecule has 114 valence electrons. The molecule has 20 heavy (non-hydrogen) atoms. The van der Waals surface area contributed by atoms with E-state index in [4.69, 9.17) is 0 Å². The van der Waals surface area contributed by atoms with Crippen LogP contribution in [0.15, 0.2) is 29.2 Å². The first-order chi connectivity index (χ1) is 9.30. The number of anilines is 1. The van der Waals surface area contributed by atoms with Gasteiger partial charge in [-0.3, -0.25) is 0 Å². The van der Waals surface area contributed by atoms with Crippen molar-refractivity contribution >= 4 is 25.5 Å². The standard InChI is InChI=1S/C12H20N2O4S2/c1-3-14-20(17,18)10-9-13-11-5-7-12(8-6-11)19(15,16)4-2/h5-8,13-14H,3-4,9-10H2,1-2H3. The van der Waals surface area contributed by atoms with Crippen LogP contribution in [0.5, 0.6) is 0 Å². The zero-order chi connectivity index (χ0) is 15.2. The smallest absolute Gasteiger partial charge is 0.213 e. The van der Waals surface area contributed by atoms with E-state index in [1.165, 1.54) is 12.1 Å². The molecule has 0 aliphatic rings. The van der Waals surface area contributed by atoms with Crippen molar-refractivity contribution in [2.45, 2.75) is 18.7 Å². The van der Waals surface area contributed by atoms with Gasteiger partial charge in [-0.15, -0.1) is 0 Å². The molecule has 0 spiro atoms. The third-order valence-corrected chi connectivity index (χ3v) is 5.88. The predicted octanol–water partition coefficient (Wildman–Crippen LogP) is 0.831. The molecule has 0 aliphatic heterocycles. The average Bonchev–Trinajstić information content (AvgIpc) is 2.39. The fourth-order valence-corrected chi connectivity index (χ4v) is 3.41. The topological polar surface area (TPSA) is 92.3 Å². The maximum absolute atomic E-state index is 11.6. The first-order valence-electron chi connectivity index (χ1n) is 6.34. The summed E-state index contributed by atoms with van der Waals surface area (Å²) in [4.78, 5) is 0.269. The normalized spacial score (nSPS) is 12.3. The van der Waals surface area contributed by atoms with Crippen LogP contribution in [0.25, 0.3) is 0 Å². The quantitative estimate of drug-likeness (QED) is 0.740. The molecule has 6 nitrogen and oxygen atoms in total. The fourth-order valence-electron chi connectivity index (χ4n) is 1.57. The van der Waals surface area contributed by atoms with E-state index in [0.29, 0.717) is 12.2 Å². The number of sulfonamides is 1. The molecular formula is C12H20N2O4S2. The van der Waals surface area contributed by atoms with Crippen molar-refractivity contribution in [3.8, 4) is 0 Å². The maximum atomic E-state index is 11.6. The van der Waals surface area contributed by atoms with Crippen LogP contribution in [-0.4, -0.2) is 41.4 Å². The molecule has 0 bridgehead atoms. The van der Waals surface area contributed by atoms with Crippen LogP contribution in [0.3, 0.4) is 0 Å². The van der Waals surface area contributed by atoms with Gasteiger partial charge in [-0.25, -0.2) is 21.6 Å². The monoisotopic (exact) mass is 320 g/mol. The van der Waals surface area contributed by atoms with Crippen molar-refractivity contribution in [2.24, 2.45) is 0 Å². The lowest BCUT2D eigenvalue weighted by molar-refractivity contribution is 0.584. The van der Waals surface area contributed by atoms with Gasteiger partial charge < -0.3 is 5.32 Å². The lowest BCUT2D eigenvalue weighted by Gasteiger charge is -2.08. The Bertz CT molecular complexity index is 622. The van der Waals surface area contributed by atoms with Gasteiger partial charge >= 0.3 is 0 Å². The van der Waals surface area contributed by atoms with E-state index in [2.05, 4.69) is 10.0 Å². The lowest BCUT2D eigenvalue weighted by Crippen LogP contribution is -2.29. The number of nitrogens with one attached hydrogen (secondary N) is 2. The van der Waals surface area contributed by atoms with Crippen molar-refractivity contribution in [2.75, 3.05) is 29.9 Å². The second-order valence-electron chi connectivity index (χ2n) is 4.17. The van der Waals surface area contributed by atoms with E-state index >= 15 is 0 Å². The van der Waals surface area contributed by atoms with Crippen LogP contribution >= 0.6 is 0 Å². The van der Waals surface area contributed by atoms with E-state index in [1.807, 2.05) is 0 Å². The molecule has 1 rings (SSSR count). The van der Waals surface area contributed by atoms with E-state index < -0.39 is 19.9 Å². The minimum atomic E-state index is -3.25. The van der Waals surface area contributed by atoms with E-state index in [1.54, 1.807) is 26.0 Å². The number of sulfone groups is 1. The van der Waals surface area contributed by atoms with Gasteiger partial charge in [0.1, 0.15) is 0 Å². The SMILES string of the molecule is CCNS(=O)(=O)CCNc1ccc(S(=O)(=O)CC)cc1. The van der Waals surface area contributed by atoms with Crippen LogP contribution in [0.2, 0.25) is 0 Å². The van der Waals surface area contributed by atoms with Crippen LogP contribution < -0.4 is 10.0 Å². The summed E-state index contributed by atoms with van der Waals surface area (Å²) in [5.74, 6) is 0.0244. The highest BCUT2D eigenvalue weighted by Crippen LogP contribution is 2.15. The van der Waals surface area contributed by atoms with Gasteiger partial charge in [-0.1, -0.05) is 13.8 Å². The summed E-state index contributed by atoms with van der Waals surface area (Å²) in [5.41, 5.74) is 0.687. The molecule has 0 saturated heterocycles. The highest BCUT2D eigenvalue weighted by atomic mass is 32.2. The van der Waals surface area contributed by atoms with Crippen molar-refractivity contribution < 1.29 is 16.8 Å². The first-order valence-corrected chi connectivity index (χ1v) is 9.65. The Labute approximate surface area is 120 Å². The Hall–Kier alpha value is -1.12. The largest absolute Gasteiger partial charge is 0.384 e. The molecule has 0 fully saturated rings. The highest BCUT2D eigenvalue weighted by molar-refractivity contribution is 7.91. The molecule has 0 aromatic heterocycles. The van der Waals surface area contributed by atoms with Crippen molar-refractivity contribution in [1.82, 2.24) is 4.72 Å². The van der Waals surface area contributed by atoms with Gasteiger partial charge in [0.25, 0.3) is 0 Å². The minimum Gasteiger partial charge on any atom is -0.384 e. The summed E-state index contributed by atoms with van der Waals surface area (Å²) in [6, 6.07) is 6.28. The summed E-state index contributed by atoms with van der Waals surface area (Å²) < 4.78 is 48.5. The van der Waals surface area contributed by atoms with Crippen LogP contribution in [0.1, 0.15) is 13.8 Å². The van der Waals surface area contributed by atoms with Gasteiger partial charge in [0.05, 0.1) is 16.4 Å². The Kier molecular flexibility index (Phi) is 5.97. The lowest BCUT2D eigenvalue weighted by atomic mass is 10.3. The predicted molar refractivity (Wildman–Crippen MR) is 80.1 cm³/mol. The summed E-state index contributed by atoms with van der Waals surface area (Å²) in [5, 5.41) is 2.94. The Morgan fingerprint density at radius 2 is 1.60 bits per heavy atom. The zero-order valence-corrected chi connectivity index (χ0v) is 13.2. The first kappa shape index (κ1) is 16.9. The zero-order valence-electron chi connectivity index (χ0n) is 11.6. The molecule has 0 unspecified atom stereocenters. The minimum absolute atomic E-state index is 0.0319.